The molecule has 0 aliphatic carbocycles. The van der Waals surface area contributed by atoms with Gasteiger partial charge in [0, 0.05) is 16.7 Å². The zero-order valence-electron chi connectivity index (χ0n) is 17.0. The van der Waals surface area contributed by atoms with Crippen LogP contribution in [-0.4, -0.2) is 28.4 Å². The van der Waals surface area contributed by atoms with Gasteiger partial charge in [0.25, 0.3) is 5.91 Å². The fourth-order valence-corrected chi connectivity index (χ4v) is 3.96. The first-order valence-electron chi connectivity index (χ1n) is 9.68. The summed E-state index contributed by atoms with van der Waals surface area (Å²) in [4.78, 5) is 19.1. The van der Waals surface area contributed by atoms with Crippen LogP contribution >= 0.6 is 11.8 Å². The quantitative estimate of drug-likeness (QED) is 0.646. The number of allylic oxidation sites excluding steroid dienone is 1. The van der Waals surface area contributed by atoms with Crippen molar-refractivity contribution in [1.82, 2.24) is 4.90 Å². The number of carbonyl (C=O) groups excluding carboxylic acids is 1. The third-order valence-corrected chi connectivity index (χ3v) is 5.51. The highest BCUT2D eigenvalue weighted by molar-refractivity contribution is 8.17. The Morgan fingerprint density at radius 1 is 1.19 bits per heavy atom. The predicted octanol–water partition coefficient (Wildman–Crippen LogP) is 4.97. The Kier molecular flexibility index (Phi) is 5.90. The molecule has 2 heterocycles. The molecule has 0 fully saturated rings. The second-order valence-corrected chi connectivity index (χ2v) is 8.05. The van der Waals surface area contributed by atoms with Crippen LogP contribution in [0.15, 0.2) is 64.1 Å². The summed E-state index contributed by atoms with van der Waals surface area (Å²) < 4.78 is 25.3. The fourth-order valence-electron chi connectivity index (χ4n) is 3.14. The van der Waals surface area contributed by atoms with E-state index in [9.17, 15) is 9.18 Å². The molecule has 2 aromatic carbocycles. The maximum atomic E-state index is 13.9. The second kappa shape index (κ2) is 8.77. The van der Waals surface area contributed by atoms with Gasteiger partial charge in [0.05, 0.1) is 12.2 Å². The van der Waals surface area contributed by atoms with Gasteiger partial charge in [0.15, 0.2) is 16.7 Å². The summed E-state index contributed by atoms with van der Waals surface area (Å²) in [5, 5.41) is 8.90. The average Bonchev–Trinajstić information content (AvgIpc) is 3.12. The minimum Gasteiger partial charge on any atom is -0.490 e. The maximum Gasteiger partial charge on any atom is 0.283 e. The van der Waals surface area contributed by atoms with Crippen LogP contribution in [0.25, 0.3) is 6.08 Å². The van der Waals surface area contributed by atoms with Gasteiger partial charge in [0.1, 0.15) is 18.3 Å². The van der Waals surface area contributed by atoms with Crippen molar-refractivity contribution in [3.05, 3.63) is 76.1 Å². The standard InChI is InChI=1S/C23H20FN3O3S/c1-3-29-20-11-15(8-9-19(20)30-13-16-6-4-5-7-18(16)24)10-17-21(25)27-12-14(2)31-23(27)26-22(17)28/h4-12,25H,3,13H2,1-2H3/b17-10-,25-21?. The average molecular weight is 437 g/mol. The molecule has 6 nitrogen and oxygen atoms in total. The number of hydrogen-bond donors (Lipinski definition) is 1. The highest BCUT2D eigenvalue weighted by atomic mass is 32.2. The lowest BCUT2D eigenvalue weighted by molar-refractivity contribution is -0.114. The Morgan fingerprint density at radius 2 is 2.00 bits per heavy atom. The molecule has 8 heteroatoms. The number of nitrogens with zero attached hydrogens (tertiary/aromatic N) is 2. The van der Waals surface area contributed by atoms with Gasteiger partial charge in [-0.1, -0.05) is 36.0 Å². The van der Waals surface area contributed by atoms with Crippen LogP contribution in [-0.2, 0) is 11.4 Å². The fraction of sp³-hybridized carbons (Fsp3) is 0.174. The molecule has 0 atom stereocenters. The molecule has 0 bridgehead atoms. The highest BCUT2D eigenvalue weighted by Gasteiger charge is 2.32. The van der Waals surface area contributed by atoms with Crippen molar-refractivity contribution in [1.29, 1.82) is 5.41 Å². The van der Waals surface area contributed by atoms with E-state index in [1.807, 2.05) is 13.8 Å². The van der Waals surface area contributed by atoms with Gasteiger partial charge in [0.2, 0.25) is 0 Å². The molecule has 4 rings (SSSR count). The number of benzene rings is 2. The zero-order valence-corrected chi connectivity index (χ0v) is 17.8. The van der Waals surface area contributed by atoms with E-state index in [0.29, 0.717) is 34.4 Å². The number of ether oxygens (including phenoxy) is 2. The van der Waals surface area contributed by atoms with E-state index in [-0.39, 0.29) is 23.8 Å². The van der Waals surface area contributed by atoms with Crippen molar-refractivity contribution in [2.45, 2.75) is 20.5 Å². The molecule has 0 saturated carbocycles. The van der Waals surface area contributed by atoms with Crippen molar-refractivity contribution in [3.63, 3.8) is 0 Å². The first kappa shape index (κ1) is 20.9. The molecule has 31 heavy (non-hydrogen) atoms. The SMILES string of the molecule is CCOc1cc(/C=C2/C(=N)N3C=C(C)SC3=NC2=O)ccc1OCc1ccccc1F. The third kappa shape index (κ3) is 4.39. The van der Waals surface area contributed by atoms with Gasteiger partial charge in [-0.2, -0.15) is 4.99 Å². The molecule has 0 aromatic heterocycles. The van der Waals surface area contributed by atoms with Crippen LogP contribution in [0.1, 0.15) is 25.0 Å². The van der Waals surface area contributed by atoms with Gasteiger partial charge in [-0.15, -0.1) is 0 Å². The summed E-state index contributed by atoms with van der Waals surface area (Å²) >= 11 is 1.37. The number of amides is 1. The van der Waals surface area contributed by atoms with Gasteiger partial charge in [-0.05, 0) is 43.7 Å². The highest BCUT2D eigenvalue weighted by Crippen LogP contribution is 2.34. The summed E-state index contributed by atoms with van der Waals surface area (Å²) in [5.41, 5.74) is 1.30. The molecular formula is C23H20FN3O3S. The minimum atomic E-state index is -0.454. The Hall–Kier alpha value is -3.39. The monoisotopic (exact) mass is 437 g/mol. The Balaban J connectivity index is 1.60. The van der Waals surface area contributed by atoms with E-state index in [4.69, 9.17) is 14.9 Å². The first-order chi connectivity index (χ1) is 15.0. The van der Waals surface area contributed by atoms with Crippen LogP contribution in [0.5, 0.6) is 11.5 Å². The summed E-state index contributed by atoms with van der Waals surface area (Å²) in [7, 11) is 0. The molecule has 2 aliphatic heterocycles. The molecule has 1 N–H and O–H groups in total. The number of amidine groups is 2. The normalized spacial score (nSPS) is 16.9. The predicted molar refractivity (Wildman–Crippen MR) is 120 cm³/mol. The largest absolute Gasteiger partial charge is 0.490 e. The minimum absolute atomic E-state index is 0.0616. The van der Waals surface area contributed by atoms with Crippen LogP contribution in [0.4, 0.5) is 4.39 Å². The number of hydrogen-bond acceptors (Lipinski definition) is 5. The van der Waals surface area contributed by atoms with Crippen LogP contribution < -0.4 is 9.47 Å². The Labute approximate surface area is 183 Å². The van der Waals surface area contributed by atoms with E-state index in [1.54, 1.807) is 53.6 Å². The van der Waals surface area contributed by atoms with Gasteiger partial charge >= 0.3 is 0 Å². The van der Waals surface area contributed by atoms with Gasteiger partial charge in [-0.3, -0.25) is 15.1 Å². The molecule has 2 aromatic rings. The second-order valence-electron chi connectivity index (χ2n) is 6.84. The number of aliphatic imine (C=N–C) groups is 1. The lowest BCUT2D eigenvalue weighted by Gasteiger charge is -2.22. The van der Waals surface area contributed by atoms with E-state index >= 15 is 0 Å². The summed E-state index contributed by atoms with van der Waals surface area (Å²) in [6.07, 6.45) is 3.40. The van der Waals surface area contributed by atoms with Crippen LogP contribution in [0, 0.1) is 11.2 Å². The van der Waals surface area contributed by atoms with Gasteiger partial charge < -0.3 is 9.47 Å². The van der Waals surface area contributed by atoms with Crippen LogP contribution in [0.3, 0.4) is 0 Å². The lowest BCUT2D eigenvalue weighted by Crippen LogP contribution is -2.35. The molecular weight excluding hydrogens is 417 g/mol. The van der Waals surface area contributed by atoms with Crippen molar-refractivity contribution in [2.75, 3.05) is 6.61 Å². The molecule has 0 radical (unpaired) electrons. The number of fused-ring (bicyclic) bond motifs is 1. The number of halogens is 1. The van der Waals surface area contributed by atoms with Crippen molar-refractivity contribution in [3.8, 4) is 11.5 Å². The van der Waals surface area contributed by atoms with Crippen LogP contribution in [0.2, 0.25) is 0 Å². The number of carbonyl (C=O) groups is 1. The van der Waals surface area contributed by atoms with Crippen molar-refractivity contribution >= 4 is 34.7 Å². The van der Waals surface area contributed by atoms with Crippen molar-refractivity contribution in [2.24, 2.45) is 4.99 Å². The molecule has 0 saturated heterocycles. The smallest absolute Gasteiger partial charge is 0.283 e. The maximum absolute atomic E-state index is 13.9. The first-order valence-corrected chi connectivity index (χ1v) is 10.5. The van der Waals surface area contributed by atoms with E-state index in [2.05, 4.69) is 4.99 Å². The van der Waals surface area contributed by atoms with Crippen molar-refractivity contribution < 1.29 is 18.7 Å². The van der Waals surface area contributed by atoms with E-state index in [0.717, 1.165) is 4.91 Å². The topological polar surface area (TPSA) is 75.0 Å². The molecule has 0 unspecified atom stereocenters. The molecule has 2 aliphatic rings. The van der Waals surface area contributed by atoms with E-state index < -0.39 is 5.91 Å². The Bertz CT molecular complexity index is 1160. The summed E-state index contributed by atoms with van der Waals surface area (Å²) in [5.74, 6) is 0.231. The molecule has 1 amide bonds. The summed E-state index contributed by atoms with van der Waals surface area (Å²) in [6, 6.07) is 11.6. The van der Waals surface area contributed by atoms with Gasteiger partial charge in [-0.25, -0.2) is 4.39 Å². The lowest BCUT2D eigenvalue weighted by atomic mass is 10.1. The Morgan fingerprint density at radius 3 is 2.77 bits per heavy atom. The molecule has 158 valence electrons. The number of rotatable bonds is 6. The zero-order chi connectivity index (χ0) is 22.0. The van der Waals surface area contributed by atoms with E-state index in [1.165, 1.54) is 17.8 Å². The molecule has 0 spiro atoms. The third-order valence-electron chi connectivity index (χ3n) is 4.61. The number of thioether (sulfide) groups is 1. The summed E-state index contributed by atoms with van der Waals surface area (Å²) in [6.45, 7) is 4.23. The number of nitrogens with one attached hydrogen (secondary N) is 1.